The summed E-state index contributed by atoms with van der Waals surface area (Å²) in [5.41, 5.74) is 10.5. The normalized spacial score (nSPS) is 12.4. The molecule has 0 fully saturated rings. The molecule has 0 radical (unpaired) electrons. The van der Waals surface area contributed by atoms with Gasteiger partial charge in [0.2, 0.25) is 0 Å². The first-order chi connectivity index (χ1) is 10.6. The molecule has 0 bridgehead atoms. The van der Waals surface area contributed by atoms with Gasteiger partial charge in [0.15, 0.2) is 0 Å². The largest absolute Gasteiger partial charge is 0.378 e. The molecule has 0 amide bonds. The molecule has 0 saturated carbocycles. The average Bonchev–Trinajstić information content (AvgIpc) is 2.53. The van der Waals surface area contributed by atoms with E-state index in [9.17, 15) is 0 Å². The summed E-state index contributed by atoms with van der Waals surface area (Å²) in [4.78, 5) is 11.1. The Morgan fingerprint density at radius 2 is 1.64 bits per heavy atom. The summed E-state index contributed by atoms with van der Waals surface area (Å²) in [7, 11) is 4.05. The zero-order valence-electron chi connectivity index (χ0n) is 13.1. The molecule has 0 aliphatic heterocycles. The SMILES string of the molecule is Cc1nc(C(N)c2ccc(N(C)C)cc2)c2ccccc2n1. The summed E-state index contributed by atoms with van der Waals surface area (Å²) >= 11 is 0. The molecule has 3 rings (SSSR count). The van der Waals surface area contributed by atoms with Crippen molar-refractivity contribution in [2.24, 2.45) is 5.73 Å². The molecule has 4 heteroatoms. The summed E-state index contributed by atoms with van der Waals surface area (Å²) in [6.07, 6.45) is 0. The molecule has 1 atom stereocenters. The van der Waals surface area contributed by atoms with E-state index in [0.717, 1.165) is 33.7 Å². The van der Waals surface area contributed by atoms with E-state index in [1.54, 1.807) is 0 Å². The van der Waals surface area contributed by atoms with Gasteiger partial charge < -0.3 is 10.6 Å². The molecule has 1 aromatic heterocycles. The van der Waals surface area contributed by atoms with E-state index in [0.29, 0.717) is 0 Å². The van der Waals surface area contributed by atoms with E-state index in [2.05, 4.69) is 39.1 Å². The molecule has 22 heavy (non-hydrogen) atoms. The second-order valence-corrected chi connectivity index (χ2v) is 5.64. The Hall–Kier alpha value is -2.46. The van der Waals surface area contributed by atoms with Crippen molar-refractivity contribution in [3.63, 3.8) is 0 Å². The molecule has 4 nitrogen and oxygen atoms in total. The minimum absolute atomic E-state index is 0.261. The number of benzene rings is 2. The maximum Gasteiger partial charge on any atom is 0.126 e. The summed E-state index contributed by atoms with van der Waals surface area (Å²) < 4.78 is 0. The Morgan fingerprint density at radius 3 is 2.32 bits per heavy atom. The molecule has 3 aromatic rings. The van der Waals surface area contributed by atoms with Crippen molar-refractivity contribution in [1.82, 2.24) is 9.97 Å². The Kier molecular flexibility index (Phi) is 3.77. The van der Waals surface area contributed by atoms with Crippen LogP contribution in [0.25, 0.3) is 10.9 Å². The third kappa shape index (κ3) is 2.65. The Balaban J connectivity index is 2.06. The van der Waals surface area contributed by atoms with Gasteiger partial charge in [0.1, 0.15) is 5.82 Å². The highest BCUT2D eigenvalue weighted by atomic mass is 15.1. The fourth-order valence-electron chi connectivity index (χ4n) is 2.60. The molecule has 1 heterocycles. The lowest BCUT2D eigenvalue weighted by Gasteiger charge is -2.17. The number of hydrogen-bond donors (Lipinski definition) is 1. The number of nitrogens with zero attached hydrogens (tertiary/aromatic N) is 3. The van der Waals surface area contributed by atoms with Crippen molar-refractivity contribution in [2.45, 2.75) is 13.0 Å². The highest BCUT2D eigenvalue weighted by Gasteiger charge is 2.15. The van der Waals surface area contributed by atoms with Crippen molar-refractivity contribution in [3.05, 3.63) is 65.6 Å². The Labute approximate surface area is 130 Å². The van der Waals surface area contributed by atoms with Gasteiger partial charge >= 0.3 is 0 Å². The molecule has 1 unspecified atom stereocenters. The van der Waals surface area contributed by atoms with Crippen LogP contribution in [0.1, 0.15) is 23.1 Å². The molecular weight excluding hydrogens is 272 g/mol. The van der Waals surface area contributed by atoms with Gasteiger partial charge in [-0.25, -0.2) is 9.97 Å². The highest BCUT2D eigenvalue weighted by molar-refractivity contribution is 5.81. The molecule has 0 aliphatic carbocycles. The summed E-state index contributed by atoms with van der Waals surface area (Å²) in [6.45, 7) is 1.90. The zero-order valence-corrected chi connectivity index (χ0v) is 13.1. The highest BCUT2D eigenvalue weighted by Crippen LogP contribution is 2.26. The molecular formula is C18H20N4. The summed E-state index contributed by atoms with van der Waals surface area (Å²) in [5, 5.41) is 1.01. The van der Waals surface area contributed by atoms with Crippen molar-refractivity contribution in [1.29, 1.82) is 0 Å². The first kappa shape index (κ1) is 14.5. The Morgan fingerprint density at radius 1 is 0.955 bits per heavy atom. The minimum atomic E-state index is -0.261. The molecule has 2 aromatic carbocycles. The van der Waals surface area contributed by atoms with Gasteiger partial charge in [0, 0.05) is 25.2 Å². The first-order valence-corrected chi connectivity index (χ1v) is 7.32. The lowest BCUT2D eigenvalue weighted by molar-refractivity contribution is 0.823. The number of anilines is 1. The topological polar surface area (TPSA) is 55.0 Å². The quantitative estimate of drug-likeness (QED) is 0.806. The number of nitrogens with two attached hydrogens (primary N) is 1. The molecule has 0 spiro atoms. The van der Waals surface area contributed by atoms with Crippen LogP contribution < -0.4 is 10.6 Å². The maximum absolute atomic E-state index is 6.47. The molecule has 0 aliphatic rings. The second kappa shape index (κ2) is 5.73. The summed E-state index contributed by atoms with van der Waals surface area (Å²) in [6, 6.07) is 16.0. The zero-order chi connectivity index (χ0) is 15.7. The van der Waals surface area contributed by atoms with Crippen LogP contribution >= 0.6 is 0 Å². The maximum atomic E-state index is 6.47. The van der Waals surface area contributed by atoms with Crippen LogP contribution in [0.5, 0.6) is 0 Å². The predicted molar refractivity (Wildman–Crippen MR) is 91.1 cm³/mol. The van der Waals surface area contributed by atoms with Crippen molar-refractivity contribution in [2.75, 3.05) is 19.0 Å². The minimum Gasteiger partial charge on any atom is -0.378 e. The molecule has 2 N–H and O–H groups in total. The van der Waals surface area contributed by atoms with Gasteiger partial charge in [-0.15, -0.1) is 0 Å². The van der Waals surface area contributed by atoms with Crippen LogP contribution in [0.3, 0.4) is 0 Å². The van der Waals surface area contributed by atoms with Gasteiger partial charge in [-0.1, -0.05) is 30.3 Å². The first-order valence-electron chi connectivity index (χ1n) is 7.32. The third-order valence-corrected chi connectivity index (χ3v) is 3.81. The number of rotatable bonds is 3. The fraction of sp³-hybridized carbons (Fsp3) is 0.222. The number of aromatic nitrogens is 2. The van der Waals surface area contributed by atoms with Gasteiger partial charge in [-0.3, -0.25) is 0 Å². The van der Waals surface area contributed by atoms with Gasteiger partial charge in [0.25, 0.3) is 0 Å². The standard InChI is InChI=1S/C18H20N4/c1-12-20-16-7-5-4-6-15(16)18(21-12)17(19)13-8-10-14(11-9-13)22(2)3/h4-11,17H,19H2,1-3H3. The van der Waals surface area contributed by atoms with Crippen molar-refractivity contribution in [3.8, 4) is 0 Å². The van der Waals surface area contributed by atoms with Crippen molar-refractivity contribution >= 4 is 16.6 Å². The van der Waals surface area contributed by atoms with Crippen LogP contribution in [0.15, 0.2) is 48.5 Å². The van der Waals surface area contributed by atoms with Crippen LogP contribution in [0.2, 0.25) is 0 Å². The number of fused-ring (bicyclic) bond motifs is 1. The molecule has 112 valence electrons. The number of para-hydroxylation sites is 1. The molecule has 0 saturated heterocycles. The summed E-state index contributed by atoms with van der Waals surface area (Å²) in [5.74, 6) is 0.745. The number of hydrogen-bond acceptors (Lipinski definition) is 4. The van der Waals surface area contributed by atoms with E-state index in [1.165, 1.54) is 0 Å². The lowest BCUT2D eigenvalue weighted by atomic mass is 10.0. The van der Waals surface area contributed by atoms with Gasteiger partial charge in [0.05, 0.1) is 17.3 Å². The lowest BCUT2D eigenvalue weighted by Crippen LogP contribution is -2.16. The van der Waals surface area contributed by atoms with Crippen molar-refractivity contribution < 1.29 is 0 Å². The van der Waals surface area contributed by atoms with E-state index >= 15 is 0 Å². The van der Waals surface area contributed by atoms with Gasteiger partial charge in [-0.05, 0) is 30.7 Å². The number of aryl methyl sites for hydroxylation is 1. The van der Waals surface area contributed by atoms with Gasteiger partial charge in [-0.2, -0.15) is 0 Å². The second-order valence-electron chi connectivity index (χ2n) is 5.64. The predicted octanol–water partition coefficient (Wildman–Crippen LogP) is 3.05. The van der Waals surface area contributed by atoms with Crippen LogP contribution in [0, 0.1) is 6.92 Å². The Bertz CT molecular complexity index is 794. The van der Waals surface area contributed by atoms with E-state index < -0.39 is 0 Å². The van der Waals surface area contributed by atoms with Crippen LogP contribution in [0.4, 0.5) is 5.69 Å². The van der Waals surface area contributed by atoms with E-state index in [1.807, 2.05) is 45.3 Å². The smallest absolute Gasteiger partial charge is 0.126 e. The third-order valence-electron chi connectivity index (χ3n) is 3.81. The average molecular weight is 292 g/mol. The monoisotopic (exact) mass is 292 g/mol. The van der Waals surface area contributed by atoms with Crippen LogP contribution in [-0.2, 0) is 0 Å². The van der Waals surface area contributed by atoms with E-state index in [4.69, 9.17) is 5.73 Å². The van der Waals surface area contributed by atoms with E-state index in [-0.39, 0.29) is 6.04 Å². The van der Waals surface area contributed by atoms with Crippen LogP contribution in [-0.4, -0.2) is 24.1 Å². The fourth-order valence-corrected chi connectivity index (χ4v) is 2.60.